The van der Waals surface area contributed by atoms with Crippen LogP contribution in [0.5, 0.6) is 0 Å². The Morgan fingerprint density at radius 3 is 2.24 bits per heavy atom. The topological polar surface area (TPSA) is 9.23 Å². The molecule has 142 valence electrons. The Bertz CT molecular complexity index is 571. The first-order valence-corrected chi connectivity index (χ1v) is 11.6. The monoisotopic (exact) mass is 398 g/mol. The summed E-state index contributed by atoms with van der Waals surface area (Å²) >= 11 is 5.37. The lowest BCUT2D eigenvalue weighted by Crippen LogP contribution is -2.19. The van der Waals surface area contributed by atoms with Crippen molar-refractivity contribution < 1.29 is 4.74 Å². The maximum Gasteiger partial charge on any atom is 0.125 e. The fraction of sp³-hybridized carbons (Fsp3) is 0.667. The van der Waals surface area contributed by atoms with Gasteiger partial charge in [-0.3, -0.25) is 0 Å². The van der Waals surface area contributed by atoms with Crippen molar-refractivity contribution in [1.82, 2.24) is 0 Å². The third-order valence-corrected chi connectivity index (χ3v) is 8.12. The molecule has 25 heavy (non-hydrogen) atoms. The Labute approximate surface area is 168 Å². The predicted molar refractivity (Wildman–Crippen MR) is 121 cm³/mol. The zero-order valence-corrected chi connectivity index (χ0v) is 19.7. The molecular weight excluding hydrogens is 364 g/mol. The summed E-state index contributed by atoms with van der Waals surface area (Å²) in [5, 5.41) is 0.445. The van der Waals surface area contributed by atoms with Gasteiger partial charge in [0, 0.05) is 11.2 Å². The van der Waals surface area contributed by atoms with Gasteiger partial charge in [0.25, 0.3) is 0 Å². The van der Waals surface area contributed by atoms with Crippen LogP contribution < -0.4 is 0 Å². The van der Waals surface area contributed by atoms with Gasteiger partial charge in [0.2, 0.25) is 0 Å². The average Bonchev–Trinajstić information content (AvgIpc) is 2.70. The maximum atomic E-state index is 5.92. The molecule has 0 N–H and O–H groups in total. The second kappa shape index (κ2) is 9.14. The van der Waals surface area contributed by atoms with Gasteiger partial charge in [-0.25, -0.2) is 0 Å². The molecule has 0 aliphatic heterocycles. The molecule has 0 aromatic carbocycles. The van der Waals surface area contributed by atoms with E-state index < -0.39 is 0 Å². The number of hydrogen-bond donors (Lipinski definition) is 0. The van der Waals surface area contributed by atoms with Crippen LogP contribution in [0.4, 0.5) is 0 Å². The highest BCUT2D eigenvalue weighted by atomic mass is 33.1. The van der Waals surface area contributed by atoms with Crippen LogP contribution in [-0.2, 0) is 4.74 Å². The summed E-state index contributed by atoms with van der Waals surface area (Å²) in [6, 6.07) is 0. The van der Waals surface area contributed by atoms with Crippen molar-refractivity contribution in [2.75, 3.05) is 7.11 Å². The molecule has 0 aromatic heterocycles. The van der Waals surface area contributed by atoms with E-state index in [-0.39, 0.29) is 10.8 Å². The molecule has 4 heteroatoms. The van der Waals surface area contributed by atoms with Crippen LogP contribution >= 0.6 is 33.8 Å². The molecule has 1 nitrogen and oxygen atoms in total. The van der Waals surface area contributed by atoms with E-state index in [1.54, 1.807) is 17.9 Å². The van der Waals surface area contributed by atoms with Gasteiger partial charge in [0.15, 0.2) is 0 Å². The van der Waals surface area contributed by atoms with Crippen molar-refractivity contribution in [1.29, 1.82) is 0 Å². The summed E-state index contributed by atoms with van der Waals surface area (Å²) in [6.45, 7) is 17.9. The van der Waals surface area contributed by atoms with Gasteiger partial charge in [-0.15, -0.1) is 0 Å². The van der Waals surface area contributed by atoms with Crippen molar-refractivity contribution in [3.8, 4) is 0 Å². The molecule has 0 heterocycles. The molecule has 0 fully saturated rings. The fourth-order valence-corrected chi connectivity index (χ4v) is 5.24. The summed E-state index contributed by atoms with van der Waals surface area (Å²) < 4.78 is 6.99. The standard InChI is InChI=1S/C21H34OS3/c1-10-18(23)25-24-14(2)15-11-12-16(20(3,4)5)19(22-9)17(13-15)21(6,7)8/h11-15H,10H2,1-9H3. The smallest absolute Gasteiger partial charge is 0.125 e. The van der Waals surface area contributed by atoms with E-state index >= 15 is 0 Å². The highest BCUT2D eigenvalue weighted by molar-refractivity contribution is 8.83. The van der Waals surface area contributed by atoms with E-state index in [1.807, 2.05) is 10.8 Å². The minimum Gasteiger partial charge on any atom is -0.496 e. The van der Waals surface area contributed by atoms with E-state index in [0.717, 1.165) is 16.4 Å². The number of methoxy groups -OCH3 is 1. The van der Waals surface area contributed by atoms with Crippen LogP contribution in [0.3, 0.4) is 0 Å². The summed E-state index contributed by atoms with van der Waals surface area (Å²) in [6.07, 6.45) is 7.97. The molecule has 0 saturated heterocycles. The van der Waals surface area contributed by atoms with Gasteiger partial charge in [-0.2, -0.15) is 0 Å². The highest BCUT2D eigenvalue weighted by Gasteiger charge is 2.31. The van der Waals surface area contributed by atoms with Gasteiger partial charge in [0.05, 0.1) is 11.3 Å². The summed E-state index contributed by atoms with van der Waals surface area (Å²) in [4.78, 5) is 0. The number of rotatable bonds is 5. The molecule has 2 atom stereocenters. The first kappa shape index (κ1) is 22.9. The van der Waals surface area contributed by atoms with Gasteiger partial charge < -0.3 is 4.74 Å². The lowest BCUT2D eigenvalue weighted by molar-refractivity contribution is 0.269. The third-order valence-electron chi connectivity index (χ3n) is 4.28. The summed E-state index contributed by atoms with van der Waals surface area (Å²) in [7, 11) is 5.42. The molecule has 2 unspecified atom stereocenters. The van der Waals surface area contributed by atoms with Crippen LogP contribution in [0.15, 0.2) is 35.1 Å². The summed E-state index contributed by atoms with van der Waals surface area (Å²) in [5.74, 6) is 1.39. The quantitative estimate of drug-likeness (QED) is 0.348. The third kappa shape index (κ3) is 6.48. The van der Waals surface area contributed by atoms with E-state index in [4.69, 9.17) is 17.0 Å². The first-order valence-electron chi connectivity index (χ1n) is 8.97. The Hall–Kier alpha value is -0.190. The SMILES string of the molecule is CCC(=S)SSC(C)C1C=CC(C(C)(C)C)=C(OC)C(C(C)(C)C)=C1. The molecule has 1 aliphatic rings. The minimum atomic E-state index is 0.0301. The van der Waals surface area contributed by atoms with Crippen molar-refractivity contribution in [3.05, 3.63) is 35.1 Å². The second-order valence-corrected chi connectivity index (χ2v) is 12.0. The van der Waals surface area contributed by atoms with Crippen LogP contribution in [0.25, 0.3) is 0 Å². The van der Waals surface area contributed by atoms with Gasteiger partial charge >= 0.3 is 0 Å². The van der Waals surface area contributed by atoms with E-state index in [2.05, 4.69) is 73.6 Å². The number of ether oxygens (including phenoxy) is 1. The van der Waals surface area contributed by atoms with Gasteiger partial charge in [0.1, 0.15) is 5.76 Å². The van der Waals surface area contributed by atoms with Crippen LogP contribution in [0, 0.1) is 16.7 Å². The largest absolute Gasteiger partial charge is 0.496 e. The molecule has 1 rings (SSSR count). The first-order chi connectivity index (χ1) is 11.4. The van der Waals surface area contributed by atoms with Crippen LogP contribution in [0.2, 0.25) is 0 Å². The molecule has 0 bridgehead atoms. The van der Waals surface area contributed by atoms with Crippen molar-refractivity contribution in [3.63, 3.8) is 0 Å². The number of hydrogen-bond acceptors (Lipinski definition) is 4. The molecule has 0 spiro atoms. The Morgan fingerprint density at radius 2 is 1.80 bits per heavy atom. The second-order valence-electron chi connectivity index (χ2n) is 8.57. The van der Waals surface area contributed by atoms with Crippen molar-refractivity contribution in [2.24, 2.45) is 16.7 Å². The maximum absolute atomic E-state index is 5.92. The highest BCUT2D eigenvalue weighted by Crippen LogP contribution is 2.43. The predicted octanol–water partition coefficient (Wildman–Crippen LogP) is 7.60. The fourth-order valence-electron chi connectivity index (χ4n) is 2.70. The molecule has 0 amide bonds. The van der Waals surface area contributed by atoms with Gasteiger partial charge in [-0.1, -0.05) is 107 Å². The molecule has 0 saturated carbocycles. The van der Waals surface area contributed by atoms with Crippen molar-refractivity contribution >= 4 is 38.0 Å². The Morgan fingerprint density at radius 1 is 1.20 bits per heavy atom. The lowest BCUT2D eigenvalue weighted by atomic mass is 9.79. The number of thiocarbonyl (C=S) groups is 1. The molecule has 1 aliphatic carbocycles. The van der Waals surface area contributed by atoms with E-state index in [0.29, 0.717) is 11.2 Å². The average molecular weight is 399 g/mol. The lowest BCUT2D eigenvalue weighted by Gasteiger charge is -2.30. The van der Waals surface area contributed by atoms with E-state index in [9.17, 15) is 0 Å². The molecular formula is C21H34OS3. The van der Waals surface area contributed by atoms with Gasteiger partial charge in [-0.05, 0) is 28.4 Å². The van der Waals surface area contributed by atoms with E-state index in [1.165, 1.54) is 11.1 Å². The zero-order chi connectivity index (χ0) is 19.4. The van der Waals surface area contributed by atoms with Crippen LogP contribution in [0.1, 0.15) is 61.8 Å². The molecule has 0 aromatic rings. The Kier molecular flexibility index (Phi) is 8.36. The Balaban J connectivity index is 3.28. The zero-order valence-electron chi connectivity index (χ0n) is 17.2. The normalized spacial score (nSPS) is 20.2. The minimum absolute atomic E-state index is 0.0301. The summed E-state index contributed by atoms with van der Waals surface area (Å²) in [5.41, 5.74) is 2.64. The molecule has 0 radical (unpaired) electrons. The van der Waals surface area contributed by atoms with Crippen molar-refractivity contribution in [2.45, 2.75) is 67.1 Å². The van der Waals surface area contributed by atoms with Crippen LogP contribution in [-0.4, -0.2) is 16.6 Å². The number of allylic oxidation sites excluding steroid dienone is 5.